The Bertz CT molecular complexity index is 1100. The highest BCUT2D eigenvalue weighted by atomic mass is 35.5. The highest BCUT2D eigenvalue weighted by molar-refractivity contribution is 7.92. The van der Waals surface area contributed by atoms with Gasteiger partial charge in [0.05, 0.1) is 15.6 Å². The molecule has 5 nitrogen and oxygen atoms in total. The van der Waals surface area contributed by atoms with Gasteiger partial charge < -0.3 is 5.32 Å². The lowest BCUT2D eigenvalue weighted by Gasteiger charge is -2.25. The van der Waals surface area contributed by atoms with Crippen LogP contribution < -0.4 is 9.62 Å². The van der Waals surface area contributed by atoms with E-state index in [-0.39, 0.29) is 22.2 Å². The number of carbonyl (C=O) groups excluding carboxylic acids is 1. The molecule has 0 heterocycles. The first kappa shape index (κ1) is 22.2. The van der Waals surface area contributed by atoms with Crippen LogP contribution >= 0.6 is 23.2 Å². The molecule has 30 heavy (non-hydrogen) atoms. The molecule has 0 saturated carbocycles. The van der Waals surface area contributed by atoms with E-state index in [4.69, 9.17) is 23.2 Å². The van der Waals surface area contributed by atoms with Gasteiger partial charge in [0, 0.05) is 11.6 Å². The average molecular weight is 463 g/mol. The van der Waals surface area contributed by atoms with E-state index in [1.54, 1.807) is 54.6 Å². The first-order chi connectivity index (χ1) is 14.4. The Balaban J connectivity index is 1.76. The molecule has 1 N–H and O–H groups in total. The summed E-state index contributed by atoms with van der Waals surface area (Å²) in [5.74, 6) is -0.427. The molecule has 0 bridgehead atoms. The predicted octanol–water partition coefficient (Wildman–Crippen LogP) is 4.55. The summed E-state index contributed by atoms with van der Waals surface area (Å²) in [6.07, 6.45) is 0.598. The van der Waals surface area contributed by atoms with Gasteiger partial charge in [0.1, 0.15) is 6.54 Å². The molecule has 0 radical (unpaired) electrons. The van der Waals surface area contributed by atoms with Gasteiger partial charge in [0.25, 0.3) is 10.0 Å². The van der Waals surface area contributed by atoms with Crippen LogP contribution in [0, 0.1) is 0 Å². The smallest absolute Gasteiger partial charge is 0.264 e. The van der Waals surface area contributed by atoms with Gasteiger partial charge in [-0.25, -0.2) is 8.42 Å². The lowest BCUT2D eigenvalue weighted by molar-refractivity contribution is -0.119. The van der Waals surface area contributed by atoms with Crippen molar-refractivity contribution < 1.29 is 13.2 Å². The largest absolute Gasteiger partial charge is 0.354 e. The number of hydrogen-bond donors (Lipinski definition) is 1. The molecule has 8 heteroatoms. The number of nitrogens with zero attached hydrogens (tertiary/aromatic N) is 1. The van der Waals surface area contributed by atoms with Crippen molar-refractivity contribution in [3.05, 3.63) is 94.5 Å². The third-order valence-electron chi connectivity index (χ3n) is 4.39. The first-order valence-electron chi connectivity index (χ1n) is 9.21. The van der Waals surface area contributed by atoms with E-state index in [0.29, 0.717) is 18.0 Å². The second kappa shape index (κ2) is 9.98. The molecule has 0 saturated heterocycles. The third kappa shape index (κ3) is 5.53. The van der Waals surface area contributed by atoms with E-state index in [2.05, 4.69) is 5.32 Å². The van der Waals surface area contributed by atoms with Crippen LogP contribution in [0.25, 0.3) is 0 Å². The number of amides is 1. The maximum absolute atomic E-state index is 13.2. The van der Waals surface area contributed by atoms with Gasteiger partial charge >= 0.3 is 0 Å². The number of sulfonamides is 1. The highest BCUT2D eigenvalue weighted by Crippen LogP contribution is 2.30. The number of carbonyl (C=O) groups is 1. The summed E-state index contributed by atoms with van der Waals surface area (Å²) in [6.45, 7) is -0.0240. The molecule has 1 amide bonds. The van der Waals surface area contributed by atoms with Gasteiger partial charge in [-0.15, -0.1) is 0 Å². The summed E-state index contributed by atoms with van der Waals surface area (Å²) in [7, 11) is -3.98. The molecule has 0 unspecified atom stereocenters. The first-order valence-corrected chi connectivity index (χ1v) is 11.4. The van der Waals surface area contributed by atoms with E-state index >= 15 is 0 Å². The van der Waals surface area contributed by atoms with Crippen molar-refractivity contribution >= 4 is 44.8 Å². The molecule has 3 rings (SSSR count). The van der Waals surface area contributed by atoms with Gasteiger partial charge in [0.15, 0.2) is 0 Å². The number of benzene rings is 3. The minimum atomic E-state index is -3.98. The van der Waals surface area contributed by atoms with Gasteiger partial charge in [-0.2, -0.15) is 0 Å². The Labute approximate surface area is 186 Å². The van der Waals surface area contributed by atoms with E-state index < -0.39 is 15.9 Å². The summed E-state index contributed by atoms with van der Waals surface area (Å²) in [5, 5.41) is 3.65. The molecule has 0 aliphatic heterocycles. The van der Waals surface area contributed by atoms with Gasteiger partial charge in [-0.05, 0) is 48.4 Å². The lowest BCUT2D eigenvalue weighted by Crippen LogP contribution is -2.41. The summed E-state index contributed by atoms with van der Waals surface area (Å²) in [6, 6.07) is 21.8. The van der Waals surface area contributed by atoms with Crippen molar-refractivity contribution in [1.82, 2.24) is 5.32 Å². The number of nitrogens with one attached hydrogen (secondary N) is 1. The third-order valence-corrected chi connectivity index (χ3v) is 6.73. The summed E-state index contributed by atoms with van der Waals surface area (Å²) < 4.78 is 27.5. The Hall–Kier alpha value is -2.54. The van der Waals surface area contributed by atoms with Crippen molar-refractivity contribution in [2.75, 3.05) is 17.4 Å². The normalized spacial score (nSPS) is 11.1. The molecule has 0 fully saturated rings. The van der Waals surface area contributed by atoms with E-state index in [0.717, 1.165) is 9.87 Å². The molecule has 0 aromatic heterocycles. The number of hydrogen-bond acceptors (Lipinski definition) is 3. The van der Waals surface area contributed by atoms with Crippen LogP contribution in [0.1, 0.15) is 5.56 Å². The number of halogens is 2. The van der Waals surface area contributed by atoms with Crippen molar-refractivity contribution in [3.8, 4) is 0 Å². The molecule has 0 aliphatic rings. The SMILES string of the molecule is O=C(CN(c1ccccc1Cl)S(=O)(=O)c1ccccc1)NCCc1ccc(Cl)cc1. The quantitative estimate of drug-likeness (QED) is 0.533. The molecule has 0 spiro atoms. The zero-order valence-electron chi connectivity index (χ0n) is 16.0. The number of anilines is 1. The maximum Gasteiger partial charge on any atom is 0.264 e. The summed E-state index contributed by atoms with van der Waals surface area (Å²) in [4.78, 5) is 12.7. The second-order valence-corrected chi connectivity index (χ2v) is 9.21. The van der Waals surface area contributed by atoms with Crippen LogP contribution in [0.2, 0.25) is 10.0 Å². The Morgan fingerprint density at radius 3 is 2.17 bits per heavy atom. The summed E-state index contributed by atoms with van der Waals surface area (Å²) in [5.41, 5.74) is 1.26. The van der Waals surface area contributed by atoms with E-state index in [1.165, 1.54) is 12.1 Å². The van der Waals surface area contributed by atoms with Crippen LogP contribution in [0.4, 0.5) is 5.69 Å². The minimum absolute atomic E-state index is 0.0823. The van der Waals surface area contributed by atoms with Gasteiger partial charge in [-0.3, -0.25) is 9.10 Å². The molecule has 3 aromatic carbocycles. The van der Waals surface area contributed by atoms with Gasteiger partial charge in [-0.1, -0.05) is 65.7 Å². The molecule has 3 aromatic rings. The molecule has 0 atom stereocenters. The molecular formula is C22H20Cl2N2O3S. The van der Waals surface area contributed by atoms with Gasteiger partial charge in [0.2, 0.25) is 5.91 Å². The monoisotopic (exact) mass is 462 g/mol. The van der Waals surface area contributed by atoms with Crippen LogP contribution in [-0.2, 0) is 21.2 Å². The Morgan fingerprint density at radius 1 is 0.867 bits per heavy atom. The van der Waals surface area contributed by atoms with Crippen LogP contribution in [0.3, 0.4) is 0 Å². The van der Waals surface area contributed by atoms with E-state index in [9.17, 15) is 13.2 Å². The average Bonchev–Trinajstić information content (AvgIpc) is 2.75. The molecule has 0 aliphatic carbocycles. The van der Waals surface area contributed by atoms with Crippen LogP contribution in [-0.4, -0.2) is 27.4 Å². The van der Waals surface area contributed by atoms with Crippen molar-refractivity contribution in [2.24, 2.45) is 0 Å². The molecular weight excluding hydrogens is 443 g/mol. The summed E-state index contributed by atoms with van der Waals surface area (Å²) >= 11 is 12.1. The fourth-order valence-electron chi connectivity index (χ4n) is 2.86. The Morgan fingerprint density at radius 2 is 1.50 bits per heavy atom. The second-order valence-electron chi connectivity index (χ2n) is 6.50. The highest BCUT2D eigenvalue weighted by Gasteiger charge is 2.28. The van der Waals surface area contributed by atoms with Crippen molar-refractivity contribution in [1.29, 1.82) is 0 Å². The van der Waals surface area contributed by atoms with E-state index in [1.807, 2.05) is 12.1 Å². The van der Waals surface area contributed by atoms with Crippen molar-refractivity contribution in [2.45, 2.75) is 11.3 Å². The number of rotatable bonds is 8. The Kier molecular flexibility index (Phi) is 7.37. The minimum Gasteiger partial charge on any atom is -0.354 e. The zero-order chi connectivity index (χ0) is 21.6. The molecule has 156 valence electrons. The lowest BCUT2D eigenvalue weighted by atomic mass is 10.1. The maximum atomic E-state index is 13.2. The predicted molar refractivity (Wildman–Crippen MR) is 121 cm³/mol. The van der Waals surface area contributed by atoms with Crippen LogP contribution in [0.5, 0.6) is 0 Å². The van der Waals surface area contributed by atoms with Crippen LogP contribution in [0.15, 0.2) is 83.8 Å². The standard InChI is InChI=1S/C22H20Cl2N2O3S/c23-18-12-10-17(11-13-18)14-15-25-22(27)16-26(21-9-5-4-8-20(21)24)30(28,29)19-6-2-1-3-7-19/h1-13H,14-16H2,(H,25,27). The zero-order valence-corrected chi connectivity index (χ0v) is 18.3. The fraction of sp³-hybridized carbons (Fsp3) is 0.136. The van der Waals surface area contributed by atoms with Crippen molar-refractivity contribution in [3.63, 3.8) is 0 Å². The number of para-hydroxylation sites is 1. The topological polar surface area (TPSA) is 66.5 Å². The fourth-order valence-corrected chi connectivity index (χ4v) is 4.73.